The van der Waals surface area contributed by atoms with E-state index in [1.165, 1.54) is 0 Å². The summed E-state index contributed by atoms with van der Waals surface area (Å²) in [6, 6.07) is 5.41. The Balaban J connectivity index is 2.60. The van der Waals surface area contributed by atoms with E-state index in [2.05, 4.69) is 10.3 Å². The van der Waals surface area contributed by atoms with Gasteiger partial charge in [-0.1, -0.05) is 18.6 Å². The molecule has 0 aliphatic heterocycles. The van der Waals surface area contributed by atoms with Crippen molar-refractivity contribution in [2.24, 2.45) is 0 Å². The van der Waals surface area contributed by atoms with E-state index in [-0.39, 0.29) is 0 Å². The molecule has 0 fully saturated rings. The highest BCUT2D eigenvalue weighted by atomic mass is 16.5. The summed E-state index contributed by atoms with van der Waals surface area (Å²) in [6.45, 7) is 2.04. The van der Waals surface area contributed by atoms with Gasteiger partial charge in [0.1, 0.15) is 22.9 Å². The van der Waals surface area contributed by atoms with Crippen molar-refractivity contribution in [1.29, 1.82) is 0 Å². The topological polar surface area (TPSA) is 66.2 Å². The molecule has 1 aromatic heterocycles. The van der Waals surface area contributed by atoms with Gasteiger partial charge in [0.05, 0.1) is 19.9 Å². The van der Waals surface area contributed by atoms with Gasteiger partial charge in [-0.3, -0.25) is 4.79 Å². The van der Waals surface area contributed by atoms with Crippen LogP contribution in [0.15, 0.2) is 18.2 Å². The predicted octanol–water partition coefficient (Wildman–Crippen LogP) is 2.05. The first kappa shape index (κ1) is 14.0. The zero-order valence-electron chi connectivity index (χ0n) is 11.8. The molecule has 0 bridgehead atoms. The van der Waals surface area contributed by atoms with Crippen molar-refractivity contribution in [2.45, 2.75) is 19.8 Å². The maximum atomic E-state index is 11.1. The number of methoxy groups -OCH3 is 2. The van der Waals surface area contributed by atoms with E-state index in [0.717, 1.165) is 18.4 Å². The normalized spacial score (nSPS) is 10.3. The van der Waals surface area contributed by atoms with E-state index < -0.39 is 0 Å². The molecule has 0 amide bonds. The van der Waals surface area contributed by atoms with Crippen molar-refractivity contribution in [3.05, 3.63) is 29.6 Å². The lowest BCUT2D eigenvalue weighted by molar-refractivity contribution is 0.111. The molecule has 0 spiro atoms. The second kappa shape index (κ2) is 6.18. The average molecular weight is 275 g/mol. The van der Waals surface area contributed by atoms with Gasteiger partial charge >= 0.3 is 0 Å². The van der Waals surface area contributed by atoms with Crippen LogP contribution in [0, 0.1) is 0 Å². The third-order valence-electron chi connectivity index (χ3n) is 3.01. The Hall–Kier alpha value is -2.37. The Morgan fingerprint density at radius 1 is 1.30 bits per heavy atom. The number of rotatable bonds is 6. The number of hydrogen-bond donors (Lipinski definition) is 0. The second-order valence-corrected chi connectivity index (χ2v) is 4.24. The first-order valence-electron chi connectivity index (χ1n) is 6.37. The second-order valence-electron chi connectivity index (χ2n) is 4.24. The largest absolute Gasteiger partial charge is 0.497 e. The highest BCUT2D eigenvalue weighted by Crippen LogP contribution is 2.28. The van der Waals surface area contributed by atoms with Crippen LogP contribution < -0.4 is 9.47 Å². The first-order chi connectivity index (χ1) is 9.74. The zero-order valence-corrected chi connectivity index (χ0v) is 11.8. The summed E-state index contributed by atoms with van der Waals surface area (Å²) in [5.41, 5.74) is 1.83. The molecule has 0 unspecified atom stereocenters. The molecular formula is C14H17N3O3. The molecule has 20 heavy (non-hydrogen) atoms. The van der Waals surface area contributed by atoms with Crippen molar-refractivity contribution in [1.82, 2.24) is 15.0 Å². The van der Waals surface area contributed by atoms with Crippen molar-refractivity contribution < 1.29 is 14.3 Å². The fourth-order valence-corrected chi connectivity index (χ4v) is 2.03. The van der Waals surface area contributed by atoms with Crippen LogP contribution in [0.4, 0.5) is 0 Å². The highest BCUT2D eigenvalue weighted by Gasteiger charge is 2.16. The summed E-state index contributed by atoms with van der Waals surface area (Å²) in [4.78, 5) is 11.1. The van der Waals surface area contributed by atoms with Crippen LogP contribution in [-0.4, -0.2) is 35.5 Å². The monoisotopic (exact) mass is 275 g/mol. The van der Waals surface area contributed by atoms with E-state index >= 15 is 0 Å². The van der Waals surface area contributed by atoms with Crippen LogP contribution in [0.2, 0.25) is 0 Å². The molecule has 1 aromatic carbocycles. The van der Waals surface area contributed by atoms with Gasteiger partial charge in [-0.15, -0.1) is 5.10 Å². The molecule has 0 N–H and O–H groups in total. The Morgan fingerprint density at radius 2 is 2.10 bits per heavy atom. The quantitative estimate of drug-likeness (QED) is 0.755. The number of hydrogen-bond acceptors (Lipinski definition) is 5. The first-order valence-corrected chi connectivity index (χ1v) is 6.37. The Bertz CT molecular complexity index is 608. The number of ether oxygens (including phenoxy) is 2. The van der Waals surface area contributed by atoms with E-state index in [9.17, 15) is 4.79 Å². The summed E-state index contributed by atoms with van der Waals surface area (Å²) in [5.74, 6) is 1.33. The molecule has 106 valence electrons. The molecule has 0 atom stereocenters. The molecule has 2 aromatic rings. The van der Waals surface area contributed by atoms with Gasteiger partial charge in [0.25, 0.3) is 0 Å². The molecule has 0 aliphatic rings. The standard InChI is InChI=1S/C14H17N3O3/c1-4-5-12-11(9-18)15-16-17(12)13-8-10(19-2)6-7-14(13)20-3/h6-9H,4-5H2,1-3H3. The van der Waals surface area contributed by atoms with Crippen LogP contribution in [-0.2, 0) is 6.42 Å². The molecule has 6 nitrogen and oxygen atoms in total. The van der Waals surface area contributed by atoms with E-state index in [0.29, 0.717) is 29.3 Å². The molecule has 1 heterocycles. The molecule has 0 aliphatic carbocycles. The molecule has 0 radical (unpaired) electrons. The zero-order chi connectivity index (χ0) is 14.5. The van der Waals surface area contributed by atoms with Gasteiger partial charge in [-0.25, -0.2) is 4.68 Å². The lowest BCUT2D eigenvalue weighted by atomic mass is 10.2. The average Bonchev–Trinajstić information content (AvgIpc) is 2.89. The summed E-state index contributed by atoms with van der Waals surface area (Å²) in [5, 5.41) is 7.97. The van der Waals surface area contributed by atoms with Crippen LogP contribution in [0.1, 0.15) is 29.5 Å². The minimum atomic E-state index is 0.358. The molecular weight excluding hydrogens is 258 g/mol. The third-order valence-corrected chi connectivity index (χ3v) is 3.01. The Labute approximate surface area is 117 Å². The van der Waals surface area contributed by atoms with Crippen LogP contribution in [0.25, 0.3) is 5.69 Å². The summed E-state index contributed by atoms with van der Waals surface area (Å²) in [6.07, 6.45) is 2.32. The van der Waals surface area contributed by atoms with Gasteiger partial charge in [0.2, 0.25) is 0 Å². The maximum absolute atomic E-state index is 11.1. The van der Waals surface area contributed by atoms with Gasteiger partial charge in [-0.05, 0) is 18.6 Å². The van der Waals surface area contributed by atoms with E-state index in [1.807, 2.05) is 6.92 Å². The Morgan fingerprint density at radius 3 is 2.70 bits per heavy atom. The van der Waals surface area contributed by atoms with Gasteiger partial charge < -0.3 is 9.47 Å². The minimum Gasteiger partial charge on any atom is -0.497 e. The molecule has 2 rings (SSSR count). The third kappa shape index (κ3) is 2.49. The number of carbonyl (C=O) groups is 1. The lowest BCUT2D eigenvalue weighted by Crippen LogP contribution is -2.06. The predicted molar refractivity (Wildman–Crippen MR) is 73.8 cm³/mol. The maximum Gasteiger partial charge on any atom is 0.172 e. The number of aromatic nitrogens is 3. The summed E-state index contributed by atoms with van der Waals surface area (Å²) in [7, 11) is 3.18. The summed E-state index contributed by atoms with van der Waals surface area (Å²) >= 11 is 0. The van der Waals surface area contributed by atoms with E-state index in [4.69, 9.17) is 9.47 Å². The summed E-state index contributed by atoms with van der Waals surface area (Å²) < 4.78 is 12.2. The van der Waals surface area contributed by atoms with Crippen LogP contribution >= 0.6 is 0 Å². The minimum absolute atomic E-state index is 0.358. The molecule has 6 heteroatoms. The fourth-order valence-electron chi connectivity index (χ4n) is 2.03. The number of nitrogens with zero attached hydrogens (tertiary/aromatic N) is 3. The fraction of sp³-hybridized carbons (Fsp3) is 0.357. The number of benzene rings is 1. The van der Waals surface area contributed by atoms with Gasteiger partial charge in [-0.2, -0.15) is 0 Å². The van der Waals surface area contributed by atoms with Crippen molar-refractivity contribution >= 4 is 6.29 Å². The highest BCUT2D eigenvalue weighted by molar-refractivity contribution is 5.73. The SMILES string of the molecule is CCCc1c(C=O)nnn1-c1cc(OC)ccc1OC. The molecule has 0 saturated carbocycles. The van der Waals surface area contributed by atoms with Crippen molar-refractivity contribution in [2.75, 3.05) is 14.2 Å². The molecule has 0 saturated heterocycles. The van der Waals surface area contributed by atoms with E-state index in [1.54, 1.807) is 37.1 Å². The van der Waals surface area contributed by atoms with Gasteiger partial charge in [0, 0.05) is 6.07 Å². The number of aldehydes is 1. The van der Waals surface area contributed by atoms with Crippen LogP contribution in [0.3, 0.4) is 0 Å². The number of carbonyl (C=O) groups excluding carboxylic acids is 1. The Kier molecular flexibility index (Phi) is 4.34. The van der Waals surface area contributed by atoms with Crippen LogP contribution in [0.5, 0.6) is 11.5 Å². The lowest BCUT2D eigenvalue weighted by Gasteiger charge is -2.12. The van der Waals surface area contributed by atoms with Crippen molar-refractivity contribution in [3.63, 3.8) is 0 Å². The smallest absolute Gasteiger partial charge is 0.172 e. The van der Waals surface area contributed by atoms with Gasteiger partial charge in [0.15, 0.2) is 6.29 Å². The van der Waals surface area contributed by atoms with Crippen molar-refractivity contribution in [3.8, 4) is 17.2 Å².